The van der Waals surface area contributed by atoms with Crippen molar-refractivity contribution < 1.29 is 34.2 Å². The maximum absolute atomic E-state index is 12.8. The van der Waals surface area contributed by atoms with Crippen molar-refractivity contribution in [2.75, 3.05) is 6.54 Å². The van der Waals surface area contributed by atoms with Gasteiger partial charge in [-0.05, 0) is 45.1 Å². The minimum atomic E-state index is -1.51. The van der Waals surface area contributed by atoms with Crippen molar-refractivity contribution in [3.8, 4) is 0 Å². The number of nitrogens with two attached hydrogens (primary N) is 3. The highest BCUT2D eigenvalue weighted by Gasteiger charge is 2.33. The Labute approximate surface area is 199 Å². The summed E-state index contributed by atoms with van der Waals surface area (Å²) >= 11 is 0. The lowest BCUT2D eigenvalue weighted by atomic mass is 10.0. The standard InChI is InChI=1S/C21H40N6O7/c1-11(2)10-15(21(33)34)26-20(32)17(12(3)28)27-19(31)14(7-8-16(24)29)25-18(30)13(23)6-4-5-9-22/h11-15,17,28H,4-10,22-23H2,1-3H3,(H2,24,29)(H,25,30)(H,26,32)(H,27,31)(H,33,34). The second-order valence-electron chi connectivity index (χ2n) is 8.71. The first-order valence-corrected chi connectivity index (χ1v) is 11.4. The molecule has 13 heteroatoms. The van der Waals surface area contributed by atoms with Crippen molar-refractivity contribution in [2.24, 2.45) is 23.1 Å². The van der Waals surface area contributed by atoms with Gasteiger partial charge in [-0.3, -0.25) is 19.2 Å². The van der Waals surface area contributed by atoms with E-state index in [1.165, 1.54) is 6.92 Å². The maximum Gasteiger partial charge on any atom is 0.326 e. The predicted molar refractivity (Wildman–Crippen MR) is 124 cm³/mol. The van der Waals surface area contributed by atoms with Gasteiger partial charge in [0, 0.05) is 6.42 Å². The molecular weight excluding hydrogens is 448 g/mol. The van der Waals surface area contributed by atoms with E-state index in [1.54, 1.807) is 13.8 Å². The predicted octanol–water partition coefficient (Wildman–Crippen LogP) is -2.33. The van der Waals surface area contributed by atoms with Crippen LogP contribution >= 0.6 is 0 Å². The second-order valence-corrected chi connectivity index (χ2v) is 8.71. The van der Waals surface area contributed by atoms with Crippen LogP contribution < -0.4 is 33.2 Å². The number of hydrogen-bond acceptors (Lipinski definition) is 8. The number of hydrogen-bond donors (Lipinski definition) is 8. The molecule has 0 aliphatic rings. The summed E-state index contributed by atoms with van der Waals surface area (Å²) in [6, 6.07) is -4.91. The fourth-order valence-electron chi connectivity index (χ4n) is 3.09. The van der Waals surface area contributed by atoms with E-state index in [1.807, 2.05) is 0 Å². The van der Waals surface area contributed by atoms with Crippen LogP contribution in [0.15, 0.2) is 0 Å². The number of aliphatic hydroxyl groups excluding tert-OH is 1. The Morgan fingerprint density at radius 3 is 1.91 bits per heavy atom. The van der Waals surface area contributed by atoms with Gasteiger partial charge in [-0.2, -0.15) is 0 Å². The van der Waals surface area contributed by atoms with E-state index in [4.69, 9.17) is 17.2 Å². The summed E-state index contributed by atoms with van der Waals surface area (Å²) in [6.07, 6.45) is -0.0353. The van der Waals surface area contributed by atoms with Crippen molar-refractivity contribution in [1.29, 1.82) is 0 Å². The number of aliphatic hydroxyl groups is 1. The van der Waals surface area contributed by atoms with Crippen LogP contribution in [0, 0.1) is 5.92 Å². The second kappa shape index (κ2) is 16.0. The number of carboxylic acid groups (broad SMARTS) is 1. The van der Waals surface area contributed by atoms with Gasteiger partial charge in [0.2, 0.25) is 23.6 Å². The molecule has 0 fully saturated rings. The Hall–Kier alpha value is -2.77. The first-order chi connectivity index (χ1) is 15.8. The fraction of sp³-hybridized carbons (Fsp3) is 0.762. The van der Waals surface area contributed by atoms with E-state index >= 15 is 0 Å². The van der Waals surface area contributed by atoms with E-state index in [2.05, 4.69) is 16.0 Å². The van der Waals surface area contributed by atoms with Gasteiger partial charge >= 0.3 is 5.97 Å². The SMILES string of the molecule is CC(C)CC(NC(=O)C(NC(=O)C(CCC(N)=O)NC(=O)C(N)CCCCN)C(C)O)C(=O)O. The molecule has 0 rings (SSSR count). The summed E-state index contributed by atoms with van der Waals surface area (Å²) in [5, 5.41) is 26.4. The molecule has 0 aromatic rings. The summed E-state index contributed by atoms with van der Waals surface area (Å²) in [7, 11) is 0. The van der Waals surface area contributed by atoms with Gasteiger partial charge in [0.05, 0.1) is 12.1 Å². The molecular formula is C21H40N6O7. The van der Waals surface area contributed by atoms with Gasteiger partial charge in [-0.25, -0.2) is 4.79 Å². The van der Waals surface area contributed by atoms with Crippen LogP contribution in [0.25, 0.3) is 0 Å². The average molecular weight is 489 g/mol. The van der Waals surface area contributed by atoms with E-state index in [0.717, 1.165) is 0 Å². The molecule has 0 aliphatic heterocycles. The third-order valence-corrected chi connectivity index (χ3v) is 5.00. The first kappa shape index (κ1) is 31.2. The molecule has 0 bridgehead atoms. The largest absolute Gasteiger partial charge is 0.480 e. The number of carboxylic acids is 1. The molecule has 34 heavy (non-hydrogen) atoms. The molecule has 4 amide bonds. The van der Waals surface area contributed by atoms with Crippen LogP contribution in [0.4, 0.5) is 0 Å². The van der Waals surface area contributed by atoms with Gasteiger partial charge in [-0.1, -0.05) is 20.3 Å². The quantitative estimate of drug-likeness (QED) is 0.102. The minimum absolute atomic E-state index is 0.0385. The number of nitrogens with one attached hydrogen (secondary N) is 3. The summed E-state index contributed by atoms with van der Waals surface area (Å²) < 4.78 is 0. The van der Waals surface area contributed by atoms with E-state index < -0.39 is 59.9 Å². The Morgan fingerprint density at radius 2 is 1.44 bits per heavy atom. The van der Waals surface area contributed by atoms with Gasteiger partial charge in [-0.15, -0.1) is 0 Å². The average Bonchev–Trinajstić information content (AvgIpc) is 2.73. The lowest BCUT2D eigenvalue weighted by molar-refractivity contribution is -0.143. The monoisotopic (exact) mass is 488 g/mol. The van der Waals surface area contributed by atoms with E-state index in [9.17, 15) is 34.2 Å². The number of unbranched alkanes of at least 4 members (excludes halogenated alkanes) is 1. The molecule has 13 nitrogen and oxygen atoms in total. The first-order valence-electron chi connectivity index (χ1n) is 11.4. The van der Waals surface area contributed by atoms with Gasteiger partial charge in [0.15, 0.2) is 0 Å². The summed E-state index contributed by atoms with van der Waals surface area (Å²) in [5.74, 6) is -4.41. The molecule has 0 radical (unpaired) electrons. The van der Waals surface area contributed by atoms with Gasteiger partial charge in [0.1, 0.15) is 18.1 Å². The van der Waals surface area contributed by atoms with Crippen molar-refractivity contribution in [2.45, 2.75) is 89.6 Å². The van der Waals surface area contributed by atoms with Crippen molar-refractivity contribution >= 4 is 29.6 Å². The smallest absolute Gasteiger partial charge is 0.326 e. The van der Waals surface area contributed by atoms with Crippen LogP contribution in [0.1, 0.15) is 59.3 Å². The third kappa shape index (κ3) is 12.5. The molecule has 0 aromatic carbocycles. The van der Waals surface area contributed by atoms with E-state index in [0.29, 0.717) is 25.8 Å². The molecule has 0 aliphatic carbocycles. The Morgan fingerprint density at radius 1 is 0.853 bits per heavy atom. The van der Waals surface area contributed by atoms with Crippen LogP contribution in [-0.4, -0.2) is 76.6 Å². The van der Waals surface area contributed by atoms with Crippen LogP contribution in [0.2, 0.25) is 0 Å². The van der Waals surface area contributed by atoms with Gasteiger partial charge in [0.25, 0.3) is 0 Å². The van der Waals surface area contributed by atoms with Crippen LogP contribution in [0.5, 0.6) is 0 Å². The number of primary amides is 1. The highest BCUT2D eigenvalue weighted by atomic mass is 16.4. The summed E-state index contributed by atoms with van der Waals surface area (Å²) in [5.41, 5.74) is 16.4. The molecule has 0 heterocycles. The lowest BCUT2D eigenvalue weighted by Gasteiger charge is -2.26. The Bertz CT molecular complexity index is 701. The van der Waals surface area contributed by atoms with Crippen molar-refractivity contribution in [1.82, 2.24) is 16.0 Å². The molecule has 5 atom stereocenters. The highest BCUT2D eigenvalue weighted by molar-refractivity contribution is 5.94. The third-order valence-electron chi connectivity index (χ3n) is 5.00. The molecule has 0 saturated heterocycles. The molecule has 196 valence electrons. The summed E-state index contributed by atoms with van der Waals surface area (Å²) in [4.78, 5) is 60.6. The zero-order valence-electron chi connectivity index (χ0n) is 20.1. The number of rotatable bonds is 17. The molecule has 11 N–H and O–H groups in total. The number of aliphatic carboxylic acids is 1. The minimum Gasteiger partial charge on any atom is -0.480 e. The molecule has 0 saturated carbocycles. The molecule has 0 spiro atoms. The zero-order valence-corrected chi connectivity index (χ0v) is 20.1. The Kier molecular flexibility index (Phi) is 14.7. The van der Waals surface area contributed by atoms with Crippen molar-refractivity contribution in [3.63, 3.8) is 0 Å². The highest BCUT2D eigenvalue weighted by Crippen LogP contribution is 2.07. The Balaban J connectivity index is 5.41. The van der Waals surface area contributed by atoms with Gasteiger partial charge < -0.3 is 43.4 Å². The summed E-state index contributed by atoms with van der Waals surface area (Å²) in [6.45, 7) is 5.25. The van der Waals surface area contributed by atoms with Crippen LogP contribution in [0.3, 0.4) is 0 Å². The number of carbonyl (C=O) groups is 5. The number of amides is 4. The lowest BCUT2D eigenvalue weighted by Crippen LogP contribution is -2.60. The maximum atomic E-state index is 12.8. The zero-order chi connectivity index (χ0) is 26.4. The normalized spacial score (nSPS) is 15.5. The number of carbonyl (C=O) groups excluding carboxylic acids is 4. The van der Waals surface area contributed by atoms with E-state index in [-0.39, 0.29) is 25.2 Å². The molecule has 0 aromatic heterocycles. The van der Waals surface area contributed by atoms with Crippen molar-refractivity contribution in [3.05, 3.63) is 0 Å². The fourth-order valence-corrected chi connectivity index (χ4v) is 3.09. The topological polar surface area (TPSA) is 240 Å². The molecule has 5 unspecified atom stereocenters. The van der Waals surface area contributed by atoms with Crippen LogP contribution in [-0.2, 0) is 24.0 Å².